The molecule has 3 aromatic rings. The second-order valence-electron chi connectivity index (χ2n) is 4.96. The fraction of sp³-hybridized carbons (Fsp3) is 0.125. The van der Waals surface area contributed by atoms with Gasteiger partial charge in [-0.25, -0.2) is 4.39 Å². The number of anilines is 1. The van der Waals surface area contributed by atoms with Crippen LogP contribution in [0.4, 0.5) is 10.2 Å². The summed E-state index contributed by atoms with van der Waals surface area (Å²) in [6.07, 6.45) is 3.47. The summed E-state index contributed by atoms with van der Waals surface area (Å²) in [4.78, 5) is 4.17. The predicted molar refractivity (Wildman–Crippen MR) is 81.0 cm³/mol. The van der Waals surface area contributed by atoms with Gasteiger partial charge in [-0.15, -0.1) is 0 Å². The van der Waals surface area contributed by atoms with Crippen LogP contribution in [0.25, 0.3) is 22.4 Å². The van der Waals surface area contributed by atoms with Crippen molar-refractivity contribution in [3.8, 4) is 22.4 Å². The number of hydrogen-bond acceptors (Lipinski definition) is 3. The smallest absolute Gasteiger partial charge is 0.131 e. The number of halogens is 1. The van der Waals surface area contributed by atoms with Crippen molar-refractivity contribution in [3.63, 3.8) is 0 Å². The lowest BCUT2D eigenvalue weighted by Crippen LogP contribution is -1.98. The Hall–Kier alpha value is -2.69. The number of pyridine rings is 1. The lowest BCUT2D eigenvalue weighted by atomic mass is 10.0. The Labute approximate surface area is 122 Å². The second-order valence-corrected chi connectivity index (χ2v) is 4.96. The maximum absolute atomic E-state index is 14.1. The van der Waals surface area contributed by atoms with Gasteiger partial charge < -0.3 is 5.73 Å². The molecule has 0 aliphatic rings. The summed E-state index contributed by atoms with van der Waals surface area (Å²) in [5, 5.41) is 4.42. The third-order valence-corrected chi connectivity index (χ3v) is 3.38. The Morgan fingerprint density at radius 2 is 1.95 bits per heavy atom. The highest BCUT2D eigenvalue weighted by Crippen LogP contribution is 2.36. The number of benzene rings is 1. The van der Waals surface area contributed by atoms with Crippen LogP contribution < -0.4 is 5.73 Å². The first kappa shape index (κ1) is 13.3. The summed E-state index contributed by atoms with van der Waals surface area (Å²) in [5.74, 6) is 0.107. The van der Waals surface area contributed by atoms with Crippen molar-refractivity contribution in [2.24, 2.45) is 7.05 Å². The van der Waals surface area contributed by atoms with Crippen LogP contribution in [0.15, 0.2) is 42.7 Å². The van der Waals surface area contributed by atoms with E-state index in [0.29, 0.717) is 22.6 Å². The molecule has 21 heavy (non-hydrogen) atoms. The highest BCUT2D eigenvalue weighted by atomic mass is 19.1. The molecule has 2 aromatic heterocycles. The molecule has 0 spiro atoms. The van der Waals surface area contributed by atoms with Crippen LogP contribution in [0.3, 0.4) is 0 Å². The van der Waals surface area contributed by atoms with Crippen LogP contribution in [0.5, 0.6) is 0 Å². The van der Waals surface area contributed by atoms with Crippen molar-refractivity contribution >= 4 is 5.82 Å². The monoisotopic (exact) mass is 282 g/mol. The van der Waals surface area contributed by atoms with E-state index in [0.717, 1.165) is 11.1 Å². The maximum atomic E-state index is 14.1. The van der Waals surface area contributed by atoms with Crippen LogP contribution in [-0.2, 0) is 7.05 Å². The molecule has 0 unspecified atom stereocenters. The van der Waals surface area contributed by atoms with E-state index in [1.54, 1.807) is 42.3 Å². The second kappa shape index (κ2) is 5.01. The summed E-state index contributed by atoms with van der Waals surface area (Å²) >= 11 is 0. The molecule has 3 rings (SSSR count). The Morgan fingerprint density at radius 1 is 1.19 bits per heavy atom. The zero-order chi connectivity index (χ0) is 15.0. The first-order chi connectivity index (χ1) is 10.1. The van der Waals surface area contributed by atoms with Crippen molar-refractivity contribution in [2.45, 2.75) is 6.92 Å². The molecule has 0 radical (unpaired) electrons. The number of hydrogen-bond donors (Lipinski definition) is 1. The lowest BCUT2D eigenvalue weighted by Gasteiger charge is -2.06. The third kappa shape index (κ3) is 2.27. The average molecular weight is 282 g/mol. The lowest BCUT2D eigenvalue weighted by molar-refractivity contribution is 0.631. The van der Waals surface area contributed by atoms with Gasteiger partial charge in [0.15, 0.2) is 0 Å². The number of nitrogen functional groups attached to an aromatic ring is 1. The molecule has 0 amide bonds. The van der Waals surface area contributed by atoms with Gasteiger partial charge >= 0.3 is 0 Å². The van der Waals surface area contributed by atoms with E-state index < -0.39 is 0 Å². The minimum Gasteiger partial charge on any atom is -0.383 e. The van der Waals surface area contributed by atoms with Crippen molar-refractivity contribution in [2.75, 3.05) is 5.73 Å². The van der Waals surface area contributed by atoms with Crippen LogP contribution in [-0.4, -0.2) is 14.8 Å². The van der Waals surface area contributed by atoms with Gasteiger partial charge in [-0.3, -0.25) is 9.67 Å². The summed E-state index contributed by atoms with van der Waals surface area (Å²) < 4.78 is 15.7. The van der Waals surface area contributed by atoms with E-state index in [2.05, 4.69) is 10.1 Å². The molecule has 0 bridgehead atoms. The molecule has 4 nitrogen and oxygen atoms in total. The molecule has 2 heterocycles. The molecule has 0 fully saturated rings. The SMILES string of the molecule is Cc1cncc(-c2nn(C)c(N)c2-c2ccccc2F)c1. The maximum Gasteiger partial charge on any atom is 0.131 e. The number of nitrogens with two attached hydrogens (primary N) is 1. The van der Waals surface area contributed by atoms with Crippen molar-refractivity contribution in [1.82, 2.24) is 14.8 Å². The van der Waals surface area contributed by atoms with Crippen molar-refractivity contribution in [1.29, 1.82) is 0 Å². The van der Waals surface area contributed by atoms with Crippen molar-refractivity contribution in [3.05, 3.63) is 54.1 Å². The van der Waals surface area contributed by atoms with Gasteiger partial charge in [-0.05, 0) is 24.6 Å². The molecule has 0 aliphatic carbocycles. The molecule has 0 atom stereocenters. The van der Waals surface area contributed by atoms with Gasteiger partial charge in [0.2, 0.25) is 0 Å². The molecule has 2 N–H and O–H groups in total. The summed E-state index contributed by atoms with van der Waals surface area (Å²) in [7, 11) is 1.74. The summed E-state index contributed by atoms with van der Waals surface area (Å²) in [5.41, 5.74) is 9.60. The zero-order valence-corrected chi connectivity index (χ0v) is 11.8. The van der Waals surface area contributed by atoms with E-state index >= 15 is 0 Å². The largest absolute Gasteiger partial charge is 0.383 e. The molecule has 5 heteroatoms. The molecular formula is C16H15FN4. The van der Waals surface area contributed by atoms with Gasteiger partial charge in [-0.2, -0.15) is 5.10 Å². The third-order valence-electron chi connectivity index (χ3n) is 3.38. The molecular weight excluding hydrogens is 267 g/mol. The number of aromatic nitrogens is 3. The minimum atomic E-state index is -0.320. The van der Waals surface area contributed by atoms with Crippen LogP contribution in [0.1, 0.15) is 5.56 Å². The highest BCUT2D eigenvalue weighted by Gasteiger charge is 2.20. The fourth-order valence-corrected chi connectivity index (χ4v) is 2.35. The van der Waals surface area contributed by atoms with E-state index in [-0.39, 0.29) is 5.82 Å². The topological polar surface area (TPSA) is 56.7 Å². The summed E-state index contributed by atoms with van der Waals surface area (Å²) in [6, 6.07) is 8.51. The minimum absolute atomic E-state index is 0.320. The molecule has 106 valence electrons. The number of rotatable bonds is 2. The fourth-order valence-electron chi connectivity index (χ4n) is 2.35. The van der Waals surface area contributed by atoms with Crippen LogP contribution in [0, 0.1) is 12.7 Å². The predicted octanol–water partition coefficient (Wildman–Crippen LogP) is 3.18. The van der Waals surface area contributed by atoms with Crippen LogP contribution in [0.2, 0.25) is 0 Å². The first-order valence-corrected chi connectivity index (χ1v) is 6.57. The molecule has 0 saturated carbocycles. The van der Waals surface area contributed by atoms with Crippen molar-refractivity contribution < 1.29 is 4.39 Å². The Kier molecular flexibility index (Phi) is 3.17. The summed E-state index contributed by atoms with van der Waals surface area (Å²) in [6.45, 7) is 1.95. The van der Waals surface area contributed by atoms with Gasteiger partial charge in [0.05, 0.1) is 5.56 Å². The van der Waals surface area contributed by atoms with Gasteiger partial charge in [0, 0.05) is 30.6 Å². The van der Waals surface area contributed by atoms with Crippen LogP contribution >= 0.6 is 0 Å². The van der Waals surface area contributed by atoms with Gasteiger partial charge in [0.25, 0.3) is 0 Å². The van der Waals surface area contributed by atoms with E-state index in [9.17, 15) is 4.39 Å². The Morgan fingerprint density at radius 3 is 2.67 bits per heavy atom. The number of aryl methyl sites for hydroxylation is 2. The Bertz CT molecular complexity index is 808. The highest BCUT2D eigenvalue weighted by molar-refractivity contribution is 5.88. The molecule has 0 saturated heterocycles. The standard InChI is InChI=1S/C16H15FN4/c1-10-7-11(9-19-8-10)15-14(16(18)21(2)20-15)12-5-3-4-6-13(12)17/h3-9H,18H2,1-2H3. The Balaban J connectivity index is 2.29. The normalized spacial score (nSPS) is 10.8. The zero-order valence-electron chi connectivity index (χ0n) is 11.8. The van der Waals surface area contributed by atoms with Gasteiger partial charge in [0.1, 0.15) is 17.3 Å². The van der Waals surface area contributed by atoms with E-state index in [1.807, 2.05) is 13.0 Å². The van der Waals surface area contributed by atoms with E-state index in [4.69, 9.17) is 5.73 Å². The van der Waals surface area contributed by atoms with Gasteiger partial charge in [-0.1, -0.05) is 18.2 Å². The first-order valence-electron chi connectivity index (χ1n) is 6.57. The average Bonchev–Trinajstić information content (AvgIpc) is 2.76. The number of nitrogens with zero attached hydrogens (tertiary/aromatic N) is 3. The molecule has 0 aliphatic heterocycles. The van der Waals surface area contributed by atoms with E-state index in [1.165, 1.54) is 6.07 Å². The molecule has 1 aromatic carbocycles. The quantitative estimate of drug-likeness (QED) is 0.785.